The minimum absolute atomic E-state index is 0.0731. The summed E-state index contributed by atoms with van der Waals surface area (Å²) in [7, 11) is 3.40. The number of aliphatic imine (C=N–C) groups is 1. The fourth-order valence-corrected chi connectivity index (χ4v) is 3.89. The van der Waals surface area contributed by atoms with Crippen LogP contribution in [-0.2, 0) is 13.0 Å². The highest BCUT2D eigenvalue weighted by atomic mass is 16.5. The summed E-state index contributed by atoms with van der Waals surface area (Å²) in [5, 5.41) is 9.32. The summed E-state index contributed by atoms with van der Waals surface area (Å²) in [6, 6.07) is 11.7. The number of hydrogen-bond acceptors (Lipinski definition) is 4. The summed E-state index contributed by atoms with van der Waals surface area (Å²) in [6.07, 6.45) is 7.53. The van der Waals surface area contributed by atoms with Crippen LogP contribution in [0.25, 0.3) is 0 Å². The van der Waals surface area contributed by atoms with Crippen LogP contribution in [-0.4, -0.2) is 43.6 Å². The fraction of sp³-hybridized carbons (Fsp3) is 0.480. The molecule has 0 aliphatic heterocycles. The quantitative estimate of drug-likeness (QED) is 0.436. The number of nitrogens with zero attached hydrogens (tertiary/aromatic N) is 2. The Morgan fingerprint density at radius 2 is 1.94 bits per heavy atom. The second-order valence-electron chi connectivity index (χ2n) is 8.38. The van der Waals surface area contributed by atoms with Crippen molar-refractivity contribution in [2.24, 2.45) is 10.9 Å². The maximum Gasteiger partial charge on any atom is 0.251 e. The lowest BCUT2D eigenvalue weighted by Crippen LogP contribution is -2.37. The van der Waals surface area contributed by atoms with E-state index in [-0.39, 0.29) is 12.0 Å². The van der Waals surface area contributed by atoms with E-state index < -0.39 is 0 Å². The minimum atomic E-state index is -0.0731. The van der Waals surface area contributed by atoms with Gasteiger partial charge in [-0.2, -0.15) is 0 Å². The van der Waals surface area contributed by atoms with Crippen LogP contribution in [0.4, 0.5) is 0 Å². The van der Waals surface area contributed by atoms with Gasteiger partial charge in [-0.25, -0.2) is 4.98 Å². The van der Waals surface area contributed by atoms with Crippen LogP contribution in [0, 0.1) is 5.92 Å². The number of carbonyl (C=O) groups is 1. The van der Waals surface area contributed by atoms with Crippen molar-refractivity contribution in [2.45, 2.75) is 51.7 Å². The topological polar surface area (TPSA) is 87.6 Å². The van der Waals surface area contributed by atoms with Crippen LogP contribution >= 0.6 is 0 Å². The molecule has 1 saturated carbocycles. The molecular weight excluding hydrogens is 402 g/mol. The first-order valence-electron chi connectivity index (χ1n) is 11.4. The van der Waals surface area contributed by atoms with Gasteiger partial charge in [-0.3, -0.25) is 9.79 Å². The minimum Gasteiger partial charge on any atom is -0.474 e. The van der Waals surface area contributed by atoms with E-state index in [4.69, 9.17) is 4.74 Å². The van der Waals surface area contributed by atoms with Gasteiger partial charge in [0, 0.05) is 45.0 Å². The number of benzene rings is 1. The van der Waals surface area contributed by atoms with E-state index in [9.17, 15) is 4.79 Å². The molecule has 1 aliphatic rings. The van der Waals surface area contributed by atoms with Crippen molar-refractivity contribution in [2.75, 3.05) is 20.6 Å². The molecule has 0 saturated heterocycles. The molecule has 3 rings (SSSR count). The van der Waals surface area contributed by atoms with Gasteiger partial charge in [0.15, 0.2) is 5.96 Å². The van der Waals surface area contributed by atoms with E-state index in [1.165, 1.54) is 12.8 Å². The summed E-state index contributed by atoms with van der Waals surface area (Å²) in [5.74, 6) is 2.16. The van der Waals surface area contributed by atoms with Gasteiger partial charge in [0.1, 0.15) is 6.10 Å². The van der Waals surface area contributed by atoms with E-state index in [1.54, 1.807) is 20.3 Å². The van der Waals surface area contributed by atoms with Crippen molar-refractivity contribution < 1.29 is 9.53 Å². The lowest BCUT2D eigenvalue weighted by molar-refractivity contribution is 0.0963. The predicted octanol–water partition coefficient (Wildman–Crippen LogP) is 3.31. The van der Waals surface area contributed by atoms with Crippen LogP contribution in [0.5, 0.6) is 5.88 Å². The molecule has 2 aromatic rings. The normalized spacial score (nSPS) is 18.7. The highest BCUT2D eigenvalue weighted by Gasteiger charge is 2.19. The summed E-state index contributed by atoms with van der Waals surface area (Å²) in [4.78, 5) is 20.5. The van der Waals surface area contributed by atoms with E-state index in [0.717, 1.165) is 42.3 Å². The number of pyridine rings is 1. The smallest absolute Gasteiger partial charge is 0.251 e. The van der Waals surface area contributed by atoms with Crippen LogP contribution in [0.3, 0.4) is 0 Å². The molecule has 1 aliphatic carbocycles. The Balaban J connectivity index is 1.45. The fourth-order valence-electron chi connectivity index (χ4n) is 3.89. The zero-order valence-corrected chi connectivity index (χ0v) is 19.4. The first-order chi connectivity index (χ1) is 15.6. The molecule has 32 heavy (non-hydrogen) atoms. The Bertz CT molecular complexity index is 907. The van der Waals surface area contributed by atoms with Crippen LogP contribution in [0.1, 0.15) is 54.1 Å². The molecule has 1 fully saturated rings. The summed E-state index contributed by atoms with van der Waals surface area (Å²) < 4.78 is 6.11. The first-order valence-corrected chi connectivity index (χ1v) is 11.4. The number of rotatable bonds is 8. The van der Waals surface area contributed by atoms with Gasteiger partial charge in [-0.15, -0.1) is 0 Å². The Labute approximate surface area is 191 Å². The second-order valence-corrected chi connectivity index (χ2v) is 8.38. The highest BCUT2D eigenvalue weighted by molar-refractivity contribution is 5.94. The van der Waals surface area contributed by atoms with Crippen molar-refractivity contribution in [1.82, 2.24) is 20.9 Å². The molecule has 7 nitrogen and oxygen atoms in total. The third kappa shape index (κ3) is 7.25. The molecule has 172 valence electrons. The van der Waals surface area contributed by atoms with Crippen LogP contribution in [0.2, 0.25) is 0 Å². The number of ether oxygens (including phenoxy) is 1. The molecule has 0 unspecified atom stereocenters. The lowest BCUT2D eigenvalue weighted by atomic mass is 9.89. The standard InChI is InChI=1S/C25H35N5O2/c1-18-7-9-22(10-8-18)32-23-16-20(12-13-28-23)17-30-25(27-3)29-14-11-19-5-4-6-21(15-19)24(31)26-2/h4-6,12-13,15-16,18,22H,7-11,14,17H2,1-3H3,(H,26,31)(H2,27,29,30). The molecular formula is C25H35N5O2. The molecule has 0 atom stereocenters. The monoisotopic (exact) mass is 437 g/mol. The molecule has 0 spiro atoms. The van der Waals surface area contributed by atoms with Crippen molar-refractivity contribution in [3.05, 3.63) is 59.3 Å². The Kier molecular flexibility index (Phi) is 8.90. The SMILES string of the molecule is CN=C(NCCc1cccc(C(=O)NC)c1)NCc1ccnc(OC2CCC(C)CC2)c1. The zero-order chi connectivity index (χ0) is 22.8. The average molecular weight is 438 g/mol. The Morgan fingerprint density at radius 3 is 2.69 bits per heavy atom. The third-order valence-corrected chi connectivity index (χ3v) is 5.86. The van der Waals surface area contributed by atoms with Crippen LogP contribution < -0.4 is 20.7 Å². The second kappa shape index (κ2) is 12.1. The van der Waals surface area contributed by atoms with Crippen molar-refractivity contribution in [1.29, 1.82) is 0 Å². The number of carbonyl (C=O) groups excluding carboxylic acids is 1. The molecule has 1 heterocycles. The van der Waals surface area contributed by atoms with Gasteiger partial charge < -0.3 is 20.7 Å². The van der Waals surface area contributed by atoms with Gasteiger partial charge >= 0.3 is 0 Å². The lowest BCUT2D eigenvalue weighted by Gasteiger charge is -2.26. The predicted molar refractivity (Wildman–Crippen MR) is 128 cm³/mol. The number of hydrogen-bond donors (Lipinski definition) is 3. The van der Waals surface area contributed by atoms with Gasteiger partial charge in [-0.1, -0.05) is 19.1 Å². The average Bonchev–Trinajstić information content (AvgIpc) is 2.82. The van der Waals surface area contributed by atoms with Crippen LogP contribution in [0.15, 0.2) is 47.6 Å². The molecule has 3 N–H and O–H groups in total. The highest BCUT2D eigenvalue weighted by Crippen LogP contribution is 2.26. The molecule has 7 heteroatoms. The van der Waals surface area contributed by atoms with Crippen molar-refractivity contribution in [3.8, 4) is 5.88 Å². The molecule has 1 aromatic heterocycles. The maximum atomic E-state index is 11.8. The molecule has 0 bridgehead atoms. The van der Waals surface area contributed by atoms with Crippen molar-refractivity contribution in [3.63, 3.8) is 0 Å². The number of amides is 1. The third-order valence-electron chi connectivity index (χ3n) is 5.86. The number of aromatic nitrogens is 1. The summed E-state index contributed by atoms with van der Waals surface area (Å²) >= 11 is 0. The van der Waals surface area contributed by atoms with E-state index in [2.05, 4.69) is 32.9 Å². The van der Waals surface area contributed by atoms with E-state index in [0.29, 0.717) is 24.5 Å². The molecule has 1 amide bonds. The molecule has 1 aromatic carbocycles. The van der Waals surface area contributed by atoms with Gasteiger partial charge in [-0.05, 0) is 67.3 Å². The maximum absolute atomic E-state index is 11.8. The first kappa shape index (κ1) is 23.6. The van der Waals surface area contributed by atoms with Gasteiger partial charge in [0.25, 0.3) is 5.91 Å². The Morgan fingerprint density at radius 1 is 1.12 bits per heavy atom. The van der Waals surface area contributed by atoms with E-state index >= 15 is 0 Å². The van der Waals surface area contributed by atoms with E-state index in [1.807, 2.05) is 36.4 Å². The largest absolute Gasteiger partial charge is 0.474 e. The zero-order valence-electron chi connectivity index (χ0n) is 19.4. The Hall–Kier alpha value is -3.09. The van der Waals surface area contributed by atoms with Gasteiger partial charge in [0.2, 0.25) is 5.88 Å². The number of guanidine groups is 1. The van der Waals surface area contributed by atoms with Gasteiger partial charge in [0.05, 0.1) is 0 Å². The van der Waals surface area contributed by atoms with Crippen molar-refractivity contribution >= 4 is 11.9 Å². The number of nitrogens with one attached hydrogen (secondary N) is 3. The summed E-state index contributed by atoms with van der Waals surface area (Å²) in [5.41, 5.74) is 2.87. The molecule has 0 radical (unpaired) electrons. The summed E-state index contributed by atoms with van der Waals surface area (Å²) in [6.45, 7) is 3.65.